The van der Waals surface area contributed by atoms with Crippen molar-refractivity contribution in [2.45, 2.75) is 32.8 Å². The number of aliphatic hydroxyl groups is 1. The summed E-state index contributed by atoms with van der Waals surface area (Å²) in [5.41, 5.74) is 0. The van der Waals surface area contributed by atoms with Crippen molar-refractivity contribution in [1.29, 1.82) is 0 Å². The van der Waals surface area contributed by atoms with E-state index in [4.69, 9.17) is 0 Å². The van der Waals surface area contributed by atoms with E-state index in [-0.39, 0.29) is 23.8 Å². The molecule has 1 heterocycles. The molecule has 5 heteroatoms. The van der Waals surface area contributed by atoms with Crippen LogP contribution >= 0.6 is 0 Å². The molecule has 0 saturated carbocycles. The zero-order chi connectivity index (χ0) is 13.9. The highest BCUT2D eigenvalue weighted by molar-refractivity contribution is 6.03. The Bertz CT molecular complexity index is 326. The smallest absolute Gasteiger partial charge is 0.232 e. The maximum Gasteiger partial charge on any atom is 0.232 e. The number of quaternary nitrogens is 1. The number of carbonyl (C=O) groups is 2. The molecular weight excluding hydrogens is 232 g/mol. The van der Waals surface area contributed by atoms with Crippen molar-refractivity contribution < 1.29 is 19.2 Å². The van der Waals surface area contributed by atoms with E-state index >= 15 is 0 Å². The van der Waals surface area contributed by atoms with E-state index in [1.54, 1.807) is 13.8 Å². The molecule has 0 aromatic carbocycles. The molecule has 0 aromatic rings. The van der Waals surface area contributed by atoms with Crippen LogP contribution in [0.1, 0.15) is 26.7 Å². The van der Waals surface area contributed by atoms with E-state index in [1.165, 1.54) is 4.90 Å². The molecule has 5 nitrogen and oxygen atoms in total. The van der Waals surface area contributed by atoms with E-state index in [9.17, 15) is 14.7 Å². The van der Waals surface area contributed by atoms with Gasteiger partial charge in [0.25, 0.3) is 0 Å². The Morgan fingerprint density at radius 2 is 2.06 bits per heavy atom. The first-order chi connectivity index (χ1) is 8.23. The van der Waals surface area contributed by atoms with Crippen LogP contribution in [0.3, 0.4) is 0 Å². The van der Waals surface area contributed by atoms with Crippen LogP contribution in [-0.4, -0.2) is 66.1 Å². The van der Waals surface area contributed by atoms with Gasteiger partial charge < -0.3 is 9.59 Å². The fourth-order valence-corrected chi connectivity index (χ4v) is 2.55. The second-order valence-corrected chi connectivity index (χ2v) is 6.03. The van der Waals surface area contributed by atoms with Crippen LogP contribution in [0, 0.1) is 5.92 Å². The fourth-order valence-electron chi connectivity index (χ4n) is 2.55. The predicted molar refractivity (Wildman–Crippen MR) is 68.6 cm³/mol. The molecule has 0 aromatic heterocycles. The standard InChI is InChI=1S/C13H25N2O3/c1-10-8-12(17)14(13(10)18)6-5-7-15(3,4)9-11(2)16/h10-11,16H,5-9H2,1-4H3/q+1. The Kier molecular flexibility index (Phi) is 4.87. The van der Waals surface area contributed by atoms with Gasteiger partial charge >= 0.3 is 0 Å². The van der Waals surface area contributed by atoms with Gasteiger partial charge in [-0.3, -0.25) is 14.5 Å². The lowest BCUT2D eigenvalue weighted by Gasteiger charge is -2.31. The third-order valence-corrected chi connectivity index (χ3v) is 3.37. The summed E-state index contributed by atoms with van der Waals surface area (Å²) in [4.78, 5) is 24.7. The van der Waals surface area contributed by atoms with Crippen molar-refractivity contribution in [3.8, 4) is 0 Å². The van der Waals surface area contributed by atoms with E-state index in [2.05, 4.69) is 0 Å². The predicted octanol–water partition coefficient (Wildman–Crippen LogP) is 0.229. The van der Waals surface area contributed by atoms with Crippen molar-refractivity contribution in [2.24, 2.45) is 5.92 Å². The lowest BCUT2D eigenvalue weighted by Crippen LogP contribution is -2.46. The van der Waals surface area contributed by atoms with E-state index < -0.39 is 0 Å². The first kappa shape index (κ1) is 15.1. The summed E-state index contributed by atoms with van der Waals surface area (Å²) in [5, 5.41) is 9.38. The summed E-state index contributed by atoms with van der Waals surface area (Å²) >= 11 is 0. The van der Waals surface area contributed by atoms with Crippen molar-refractivity contribution in [3.05, 3.63) is 0 Å². The third kappa shape index (κ3) is 4.07. The summed E-state index contributed by atoms with van der Waals surface area (Å²) in [6, 6.07) is 0. The van der Waals surface area contributed by atoms with Gasteiger partial charge in [-0.2, -0.15) is 0 Å². The third-order valence-electron chi connectivity index (χ3n) is 3.37. The van der Waals surface area contributed by atoms with Crippen LogP contribution in [0.4, 0.5) is 0 Å². The number of imide groups is 1. The van der Waals surface area contributed by atoms with Gasteiger partial charge in [0.2, 0.25) is 11.8 Å². The lowest BCUT2D eigenvalue weighted by atomic mass is 10.1. The zero-order valence-electron chi connectivity index (χ0n) is 11.8. The van der Waals surface area contributed by atoms with Gasteiger partial charge in [0.15, 0.2) is 0 Å². The highest BCUT2D eigenvalue weighted by atomic mass is 16.3. The van der Waals surface area contributed by atoms with Crippen LogP contribution in [0.5, 0.6) is 0 Å². The number of hydrogen-bond donors (Lipinski definition) is 1. The average molecular weight is 257 g/mol. The largest absolute Gasteiger partial charge is 0.388 e. The first-order valence-corrected chi connectivity index (χ1v) is 6.57. The minimum absolute atomic E-state index is 0.0409. The molecule has 2 atom stereocenters. The Morgan fingerprint density at radius 1 is 1.44 bits per heavy atom. The zero-order valence-corrected chi connectivity index (χ0v) is 11.8. The number of likely N-dealkylation sites (N-methyl/N-ethyl adjacent to an activating group) is 1. The van der Waals surface area contributed by atoms with Crippen LogP contribution in [0.2, 0.25) is 0 Å². The van der Waals surface area contributed by atoms with E-state index in [0.717, 1.165) is 13.0 Å². The number of aliphatic hydroxyl groups excluding tert-OH is 1. The monoisotopic (exact) mass is 257 g/mol. The Labute approximate surface area is 109 Å². The molecule has 104 valence electrons. The number of amides is 2. The molecule has 1 rings (SSSR count). The van der Waals surface area contributed by atoms with Gasteiger partial charge in [0.05, 0.1) is 20.6 Å². The number of carbonyl (C=O) groups excluding carboxylic acids is 2. The molecular formula is C13H25N2O3+. The van der Waals surface area contributed by atoms with E-state index in [1.807, 2.05) is 14.1 Å². The number of nitrogens with zero attached hydrogens (tertiary/aromatic N) is 2. The Hall–Kier alpha value is -0.940. The fraction of sp³-hybridized carbons (Fsp3) is 0.846. The number of rotatable bonds is 6. The summed E-state index contributed by atoms with van der Waals surface area (Å²) in [6.45, 7) is 5.60. The molecule has 1 N–H and O–H groups in total. The van der Waals surface area contributed by atoms with Crippen LogP contribution in [-0.2, 0) is 9.59 Å². The maximum absolute atomic E-state index is 11.7. The van der Waals surface area contributed by atoms with Gasteiger partial charge in [0.1, 0.15) is 12.6 Å². The van der Waals surface area contributed by atoms with Gasteiger partial charge in [-0.15, -0.1) is 0 Å². The van der Waals surface area contributed by atoms with Gasteiger partial charge in [-0.05, 0) is 6.92 Å². The second-order valence-electron chi connectivity index (χ2n) is 6.03. The first-order valence-electron chi connectivity index (χ1n) is 6.57. The van der Waals surface area contributed by atoms with Crippen molar-refractivity contribution >= 4 is 11.8 Å². The molecule has 0 radical (unpaired) electrons. The molecule has 1 aliphatic heterocycles. The van der Waals surface area contributed by atoms with Gasteiger partial charge in [0, 0.05) is 25.3 Å². The number of likely N-dealkylation sites (tertiary alicyclic amines) is 1. The van der Waals surface area contributed by atoms with Crippen LogP contribution < -0.4 is 0 Å². The van der Waals surface area contributed by atoms with Crippen molar-refractivity contribution in [2.75, 3.05) is 33.7 Å². The normalized spacial score (nSPS) is 22.7. The quantitative estimate of drug-likeness (QED) is 0.547. The van der Waals surface area contributed by atoms with E-state index in [0.29, 0.717) is 24.0 Å². The highest BCUT2D eigenvalue weighted by Crippen LogP contribution is 2.19. The average Bonchev–Trinajstić information content (AvgIpc) is 2.42. The topological polar surface area (TPSA) is 57.6 Å². The molecule has 1 saturated heterocycles. The van der Waals surface area contributed by atoms with Crippen molar-refractivity contribution in [1.82, 2.24) is 4.90 Å². The second kappa shape index (κ2) is 5.80. The summed E-state index contributed by atoms with van der Waals surface area (Å²) < 4.78 is 0.698. The Balaban J connectivity index is 2.38. The molecule has 1 fully saturated rings. The minimum Gasteiger partial charge on any atom is -0.388 e. The molecule has 18 heavy (non-hydrogen) atoms. The molecule has 2 amide bonds. The molecule has 1 aliphatic rings. The maximum atomic E-state index is 11.7. The van der Waals surface area contributed by atoms with Gasteiger partial charge in [-0.1, -0.05) is 6.92 Å². The number of hydrogen-bond acceptors (Lipinski definition) is 3. The Morgan fingerprint density at radius 3 is 2.50 bits per heavy atom. The minimum atomic E-state index is -0.338. The van der Waals surface area contributed by atoms with Crippen LogP contribution in [0.25, 0.3) is 0 Å². The molecule has 0 spiro atoms. The summed E-state index contributed by atoms with van der Waals surface area (Å²) in [7, 11) is 4.09. The van der Waals surface area contributed by atoms with Gasteiger partial charge in [-0.25, -0.2) is 0 Å². The molecule has 2 unspecified atom stereocenters. The summed E-state index contributed by atoms with van der Waals surface area (Å²) in [6.07, 6.45) is 0.796. The summed E-state index contributed by atoms with van der Waals surface area (Å²) in [5.74, 6) is -0.244. The van der Waals surface area contributed by atoms with Crippen LogP contribution in [0.15, 0.2) is 0 Å². The lowest BCUT2D eigenvalue weighted by molar-refractivity contribution is -0.893. The highest BCUT2D eigenvalue weighted by Gasteiger charge is 2.35. The van der Waals surface area contributed by atoms with Crippen molar-refractivity contribution in [3.63, 3.8) is 0 Å². The molecule has 0 aliphatic carbocycles. The SMILES string of the molecule is CC(O)C[N+](C)(C)CCCN1C(=O)CC(C)C1=O. The molecule has 0 bridgehead atoms.